The molecule has 1 N–H and O–H groups in total. The smallest absolute Gasteiger partial charge is 0.220 e. The van der Waals surface area contributed by atoms with Crippen LogP contribution in [0.3, 0.4) is 0 Å². The first-order valence-corrected chi connectivity index (χ1v) is 8.40. The number of amides is 1. The van der Waals surface area contributed by atoms with Crippen molar-refractivity contribution in [3.8, 4) is 11.5 Å². The fourth-order valence-electron chi connectivity index (χ4n) is 2.72. The van der Waals surface area contributed by atoms with Gasteiger partial charge in [0.25, 0.3) is 0 Å². The third-order valence-electron chi connectivity index (χ3n) is 4.12. The molecule has 0 saturated heterocycles. The van der Waals surface area contributed by atoms with E-state index in [1.165, 1.54) is 0 Å². The van der Waals surface area contributed by atoms with Gasteiger partial charge in [-0.25, -0.2) is 0 Å². The van der Waals surface area contributed by atoms with Crippen LogP contribution < -0.4 is 14.8 Å². The van der Waals surface area contributed by atoms with Gasteiger partial charge in [-0.1, -0.05) is 36.4 Å². The lowest BCUT2D eigenvalue weighted by atomic mass is 10.1. The second-order valence-electron chi connectivity index (χ2n) is 5.98. The predicted molar refractivity (Wildman–Crippen MR) is 94.0 cm³/mol. The van der Waals surface area contributed by atoms with Gasteiger partial charge < -0.3 is 14.8 Å². The molecule has 0 radical (unpaired) electrons. The molecule has 1 heterocycles. The summed E-state index contributed by atoms with van der Waals surface area (Å²) in [6, 6.07) is 14.5. The summed E-state index contributed by atoms with van der Waals surface area (Å²) in [7, 11) is 0. The first-order chi connectivity index (χ1) is 12.1. The van der Waals surface area contributed by atoms with Crippen molar-refractivity contribution in [3.63, 3.8) is 0 Å². The van der Waals surface area contributed by atoms with E-state index in [0.717, 1.165) is 11.3 Å². The number of benzene rings is 2. The third-order valence-corrected chi connectivity index (χ3v) is 4.12. The molecule has 1 aliphatic heterocycles. The Kier molecular flexibility index (Phi) is 5.33. The topological polar surface area (TPSA) is 64.6 Å². The molecule has 2 aromatic rings. The van der Waals surface area contributed by atoms with Crippen LogP contribution in [0, 0.1) is 0 Å². The van der Waals surface area contributed by atoms with Crippen molar-refractivity contribution in [2.24, 2.45) is 0 Å². The van der Waals surface area contributed by atoms with E-state index < -0.39 is 0 Å². The Bertz CT molecular complexity index is 758. The van der Waals surface area contributed by atoms with Crippen LogP contribution in [0.2, 0.25) is 0 Å². The van der Waals surface area contributed by atoms with Gasteiger partial charge in [-0.3, -0.25) is 9.59 Å². The quantitative estimate of drug-likeness (QED) is 0.820. The Hall–Kier alpha value is -2.82. The van der Waals surface area contributed by atoms with E-state index in [9.17, 15) is 9.59 Å². The number of fused-ring (bicyclic) bond motifs is 1. The van der Waals surface area contributed by atoms with Gasteiger partial charge in [0.05, 0.1) is 6.04 Å². The number of hydrogen-bond acceptors (Lipinski definition) is 4. The minimum Gasteiger partial charge on any atom is -0.486 e. The van der Waals surface area contributed by atoms with Crippen LogP contribution in [0.1, 0.15) is 41.7 Å². The zero-order valence-corrected chi connectivity index (χ0v) is 14.2. The van der Waals surface area contributed by atoms with Gasteiger partial charge in [0, 0.05) is 18.4 Å². The Labute approximate surface area is 147 Å². The first kappa shape index (κ1) is 17.0. The minimum atomic E-state index is -0.171. The molecular weight excluding hydrogens is 318 g/mol. The maximum Gasteiger partial charge on any atom is 0.220 e. The molecule has 3 rings (SSSR count). The largest absolute Gasteiger partial charge is 0.486 e. The zero-order chi connectivity index (χ0) is 17.6. The molecule has 25 heavy (non-hydrogen) atoms. The fourth-order valence-corrected chi connectivity index (χ4v) is 2.72. The van der Waals surface area contributed by atoms with E-state index in [1.54, 1.807) is 12.1 Å². The lowest BCUT2D eigenvalue weighted by Crippen LogP contribution is -2.27. The summed E-state index contributed by atoms with van der Waals surface area (Å²) in [5.41, 5.74) is 1.57. The highest BCUT2D eigenvalue weighted by atomic mass is 16.6. The number of carbonyl (C=O) groups is 2. The number of ketones is 1. The van der Waals surface area contributed by atoms with Crippen molar-refractivity contribution in [1.82, 2.24) is 5.32 Å². The molecule has 0 fully saturated rings. The molecule has 0 spiro atoms. The van der Waals surface area contributed by atoms with E-state index in [2.05, 4.69) is 5.32 Å². The normalized spacial score (nSPS) is 13.8. The van der Waals surface area contributed by atoms with Crippen molar-refractivity contribution in [2.75, 3.05) is 13.2 Å². The Balaban J connectivity index is 1.53. The summed E-state index contributed by atoms with van der Waals surface area (Å²) in [6.45, 7) is 2.98. The van der Waals surface area contributed by atoms with E-state index in [0.29, 0.717) is 24.5 Å². The maximum absolute atomic E-state index is 12.1. The van der Waals surface area contributed by atoms with Crippen molar-refractivity contribution in [3.05, 3.63) is 59.7 Å². The molecule has 0 bridgehead atoms. The fraction of sp³-hybridized carbons (Fsp3) is 0.300. The van der Waals surface area contributed by atoms with E-state index in [1.807, 2.05) is 43.3 Å². The molecule has 130 valence electrons. The molecule has 2 aromatic carbocycles. The Morgan fingerprint density at radius 1 is 1.00 bits per heavy atom. The molecule has 1 amide bonds. The number of ether oxygens (including phenoxy) is 2. The molecule has 0 aromatic heterocycles. The summed E-state index contributed by atoms with van der Waals surface area (Å²) < 4.78 is 11.1. The van der Waals surface area contributed by atoms with Crippen LogP contribution in [0.4, 0.5) is 0 Å². The van der Waals surface area contributed by atoms with Crippen LogP contribution >= 0.6 is 0 Å². The maximum atomic E-state index is 12.1. The molecule has 0 aliphatic carbocycles. The molecular formula is C20H21NO4. The van der Waals surface area contributed by atoms with Crippen LogP contribution in [0.25, 0.3) is 0 Å². The molecule has 1 atom stereocenters. The molecule has 5 nitrogen and oxygen atoms in total. The standard InChI is InChI=1S/C20H21NO4/c1-14(16-7-9-18-19(13-16)25-12-11-24-18)21-20(23)10-8-17(22)15-5-3-2-4-6-15/h2-7,9,13-14H,8,10-12H2,1H3,(H,21,23). The van der Waals surface area contributed by atoms with Gasteiger partial charge in [0.1, 0.15) is 13.2 Å². The van der Waals surface area contributed by atoms with Gasteiger partial charge in [-0.2, -0.15) is 0 Å². The monoisotopic (exact) mass is 339 g/mol. The van der Waals surface area contributed by atoms with Gasteiger partial charge >= 0.3 is 0 Å². The summed E-state index contributed by atoms with van der Waals surface area (Å²) in [5.74, 6) is 1.25. The molecule has 5 heteroatoms. The first-order valence-electron chi connectivity index (χ1n) is 8.40. The number of carbonyl (C=O) groups excluding carboxylic acids is 2. The third kappa shape index (κ3) is 4.38. The lowest BCUT2D eigenvalue weighted by Gasteiger charge is -2.21. The molecule has 1 unspecified atom stereocenters. The number of Topliss-reactive ketones (excluding diaryl/α,β-unsaturated/α-hetero) is 1. The van der Waals surface area contributed by atoms with Crippen LogP contribution in [0.5, 0.6) is 11.5 Å². The van der Waals surface area contributed by atoms with Gasteiger partial charge in [-0.15, -0.1) is 0 Å². The summed E-state index contributed by atoms with van der Waals surface area (Å²) in [5, 5.41) is 2.92. The van der Waals surface area contributed by atoms with Crippen LogP contribution in [0.15, 0.2) is 48.5 Å². The molecule has 1 aliphatic rings. The van der Waals surface area contributed by atoms with Crippen molar-refractivity contribution >= 4 is 11.7 Å². The highest BCUT2D eigenvalue weighted by Crippen LogP contribution is 2.32. The van der Waals surface area contributed by atoms with Gasteiger partial charge in [0.2, 0.25) is 5.91 Å². The highest BCUT2D eigenvalue weighted by molar-refractivity contribution is 5.97. The van der Waals surface area contributed by atoms with E-state index in [4.69, 9.17) is 9.47 Å². The zero-order valence-electron chi connectivity index (χ0n) is 14.2. The predicted octanol–water partition coefficient (Wildman–Crippen LogP) is 3.30. The Morgan fingerprint density at radius 3 is 2.48 bits per heavy atom. The Morgan fingerprint density at radius 2 is 1.72 bits per heavy atom. The minimum absolute atomic E-state index is 0.0252. The highest BCUT2D eigenvalue weighted by Gasteiger charge is 2.16. The molecule has 0 saturated carbocycles. The SMILES string of the molecule is CC(NC(=O)CCC(=O)c1ccccc1)c1ccc2c(c1)OCCO2. The van der Waals surface area contributed by atoms with Crippen molar-refractivity contribution in [2.45, 2.75) is 25.8 Å². The van der Waals surface area contributed by atoms with Crippen molar-refractivity contribution < 1.29 is 19.1 Å². The average Bonchev–Trinajstić information content (AvgIpc) is 2.66. The second kappa shape index (κ2) is 7.83. The summed E-state index contributed by atoms with van der Waals surface area (Å²) >= 11 is 0. The average molecular weight is 339 g/mol. The number of rotatable bonds is 6. The van der Waals surface area contributed by atoms with Gasteiger partial charge in [0.15, 0.2) is 17.3 Å². The van der Waals surface area contributed by atoms with E-state index in [-0.39, 0.29) is 30.6 Å². The summed E-state index contributed by atoms with van der Waals surface area (Å²) in [4.78, 5) is 24.2. The summed E-state index contributed by atoms with van der Waals surface area (Å²) in [6.07, 6.45) is 0.367. The second-order valence-corrected chi connectivity index (χ2v) is 5.98. The van der Waals surface area contributed by atoms with Crippen LogP contribution in [-0.2, 0) is 4.79 Å². The number of hydrogen-bond donors (Lipinski definition) is 1. The number of nitrogens with one attached hydrogen (secondary N) is 1. The van der Waals surface area contributed by atoms with Crippen LogP contribution in [-0.4, -0.2) is 24.9 Å². The van der Waals surface area contributed by atoms with E-state index >= 15 is 0 Å². The lowest BCUT2D eigenvalue weighted by molar-refractivity contribution is -0.121. The van der Waals surface area contributed by atoms with Crippen molar-refractivity contribution in [1.29, 1.82) is 0 Å². The van der Waals surface area contributed by atoms with Gasteiger partial charge in [-0.05, 0) is 24.6 Å².